The molecule has 0 aromatic carbocycles. The Balaban J connectivity index is 1.30. The Hall–Kier alpha value is -1.99. The lowest BCUT2D eigenvalue weighted by Crippen LogP contribution is -2.37. The average molecular weight is 370 g/mol. The maximum atomic E-state index is 13.0. The zero-order valence-electron chi connectivity index (χ0n) is 14.7. The van der Waals surface area contributed by atoms with Crippen molar-refractivity contribution in [2.45, 2.75) is 31.7 Å². The predicted molar refractivity (Wildman–Crippen MR) is 99.8 cm³/mol. The molecule has 2 aromatic heterocycles. The summed E-state index contributed by atoms with van der Waals surface area (Å²) in [5.41, 5.74) is 3.94. The molecule has 2 aromatic rings. The van der Waals surface area contributed by atoms with E-state index in [4.69, 9.17) is 9.72 Å². The van der Waals surface area contributed by atoms with Crippen molar-refractivity contribution in [3.05, 3.63) is 39.6 Å². The van der Waals surface area contributed by atoms with Crippen molar-refractivity contribution in [3.8, 4) is 0 Å². The Labute approximate surface area is 156 Å². The van der Waals surface area contributed by atoms with Crippen LogP contribution < -0.4 is 4.90 Å². The number of carbonyl (C=O) groups is 1. The van der Waals surface area contributed by atoms with E-state index in [1.807, 2.05) is 17.2 Å². The third kappa shape index (κ3) is 2.99. The summed E-state index contributed by atoms with van der Waals surface area (Å²) in [6.45, 7) is 4.38. The van der Waals surface area contributed by atoms with Crippen molar-refractivity contribution in [2.75, 3.05) is 37.7 Å². The van der Waals surface area contributed by atoms with Crippen molar-refractivity contribution in [1.29, 1.82) is 0 Å². The number of fused-ring (bicyclic) bond motifs is 1. The number of ether oxygens (including phenoxy) is 1. The zero-order chi connectivity index (χ0) is 17.5. The number of hydrogen-bond donors (Lipinski definition) is 0. The van der Waals surface area contributed by atoms with Crippen molar-refractivity contribution in [2.24, 2.45) is 0 Å². The first-order valence-electron chi connectivity index (χ1n) is 9.34. The van der Waals surface area contributed by atoms with E-state index in [1.165, 1.54) is 18.5 Å². The van der Waals surface area contributed by atoms with E-state index in [-0.39, 0.29) is 5.91 Å². The highest BCUT2D eigenvalue weighted by molar-refractivity contribution is 7.09. The SMILES string of the molecule is O=C1c2c(N3CCOCC3)ccnc2CN1CCc1nc(C2CC2)cs1. The summed E-state index contributed by atoms with van der Waals surface area (Å²) in [5.74, 6) is 0.798. The first-order chi connectivity index (χ1) is 12.8. The molecule has 0 N–H and O–H groups in total. The molecule has 2 aliphatic heterocycles. The molecule has 136 valence electrons. The number of nitrogens with zero attached hydrogens (tertiary/aromatic N) is 4. The lowest BCUT2D eigenvalue weighted by molar-refractivity contribution is 0.0779. The minimum atomic E-state index is 0.105. The molecule has 1 saturated carbocycles. The molecule has 4 heterocycles. The molecule has 0 unspecified atom stereocenters. The Bertz CT molecular complexity index is 827. The van der Waals surface area contributed by atoms with Gasteiger partial charge in [-0.25, -0.2) is 4.98 Å². The van der Waals surface area contributed by atoms with Crippen LogP contribution >= 0.6 is 11.3 Å². The van der Waals surface area contributed by atoms with E-state index in [9.17, 15) is 4.79 Å². The summed E-state index contributed by atoms with van der Waals surface area (Å²) < 4.78 is 5.44. The fourth-order valence-corrected chi connectivity index (χ4v) is 4.61. The molecular formula is C19H22N4O2S. The molecule has 7 heteroatoms. The standard InChI is InChI=1S/C19H22N4O2S/c24-19-18-14(20-5-3-16(18)22-7-9-25-10-8-22)11-23(19)6-4-17-21-15(12-26-17)13-1-2-13/h3,5,12-13H,1-2,4,6-11H2. The van der Waals surface area contributed by atoms with Crippen LogP contribution in [0.15, 0.2) is 17.6 Å². The molecule has 6 nitrogen and oxygen atoms in total. The van der Waals surface area contributed by atoms with Crippen LogP contribution in [0, 0.1) is 0 Å². The monoisotopic (exact) mass is 370 g/mol. The summed E-state index contributed by atoms with van der Waals surface area (Å²) >= 11 is 1.73. The molecule has 1 saturated heterocycles. The zero-order valence-corrected chi connectivity index (χ0v) is 15.5. The summed E-state index contributed by atoms with van der Waals surface area (Å²) in [4.78, 5) is 26.4. The van der Waals surface area contributed by atoms with Gasteiger partial charge in [0.15, 0.2) is 0 Å². The second-order valence-corrected chi connectivity index (χ2v) is 8.11. The van der Waals surface area contributed by atoms with Gasteiger partial charge in [0, 0.05) is 43.5 Å². The van der Waals surface area contributed by atoms with Crippen molar-refractivity contribution in [3.63, 3.8) is 0 Å². The van der Waals surface area contributed by atoms with Gasteiger partial charge in [0.2, 0.25) is 0 Å². The lowest BCUT2D eigenvalue weighted by atomic mass is 10.1. The van der Waals surface area contributed by atoms with Gasteiger partial charge in [-0.2, -0.15) is 0 Å². The van der Waals surface area contributed by atoms with Gasteiger partial charge in [-0.15, -0.1) is 11.3 Å². The third-order valence-corrected chi connectivity index (χ3v) is 6.29. The van der Waals surface area contributed by atoms with Crippen LogP contribution in [-0.4, -0.2) is 53.6 Å². The fraction of sp³-hybridized carbons (Fsp3) is 0.526. The van der Waals surface area contributed by atoms with E-state index in [0.717, 1.165) is 41.5 Å². The normalized spacial score (nSPS) is 19.9. The van der Waals surface area contributed by atoms with Crippen molar-refractivity contribution in [1.82, 2.24) is 14.9 Å². The smallest absolute Gasteiger partial charge is 0.258 e. The highest BCUT2D eigenvalue weighted by Crippen LogP contribution is 2.40. The number of thiazole rings is 1. The maximum absolute atomic E-state index is 13.0. The molecule has 26 heavy (non-hydrogen) atoms. The van der Waals surface area contributed by atoms with Crippen molar-refractivity contribution < 1.29 is 9.53 Å². The van der Waals surface area contributed by atoms with Gasteiger partial charge in [0.25, 0.3) is 5.91 Å². The van der Waals surface area contributed by atoms with Crippen molar-refractivity contribution >= 4 is 22.9 Å². The number of anilines is 1. The quantitative estimate of drug-likeness (QED) is 0.809. The van der Waals surface area contributed by atoms with Gasteiger partial charge in [0.05, 0.1) is 47.4 Å². The first kappa shape index (κ1) is 16.2. The fourth-order valence-electron chi connectivity index (χ4n) is 3.74. The number of hydrogen-bond acceptors (Lipinski definition) is 6. The molecule has 0 atom stereocenters. The third-order valence-electron chi connectivity index (χ3n) is 5.36. The van der Waals surface area contributed by atoms with Crippen LogP contribution in [0.3, 0.4) is 0 Å². The second-order valence-electron chi connectivity index (χ2n) is 7.17. The molecule has 1 amide bonds. The summed E-state index contributed by atoms with van der Waals surface area (Å²) in [7, 11) is 0. The lowest BCUT2D eigenvalue weighted by Gasteiger charge is -2.30. The molecule has 2 fully saturated rings. The molecule has 5 rings (SSSR count). The predicted octanol–water partition coefficient (Wildman–Crippen LogP) is 2.45. The molecular weight excluding hydrogens is 348 g/mol. The van der Waals surface area contributed by atoms with Crippen LogP contribution in [0.1, 0.15) is 45.5 Å². The maximum Gasteiger partial charge on any atom is 0.258 e. The summed E-state index contributed by atoms with van der Waals surface area (Å²) in [6.07, 6.45) is 5.20. The van der Waals surface area contributed by atoms with E-state index in [1.54, 1.807) is 11.3 Å². The van der Waals surface area contributed by atoms with E-state index in [2.05, 4.69) is 15.3 Å². The van der Waals surface area contributed by atoms with Crippen LogP contribution in [0.2, 0.25) is 0 Å². The van der Waals surface area contributed by atoms with Gasteiger partial charge in [-0.1, -0.05) is 0 Å². The number of rotatable bonds is 5. The first-order valence-corrected chi connectivity index (χ1v) is 10.2. The Morgan fingerprint density at radius 2 is 2.12 bits per heavy atom. The van der Waals surface area contributed by atoms with E-state index in [0.29, 0.717) is 32.2 Å². The number of pyridine rings is 1. The highest BCUT2D eigenvalue weighted by atomic mass is 32.1. The minimum Gasteiger partial charge on any atom is -0.378 e. The van der Waals surface area contributed by atoms with Gasteiger partial charge >= 0.3 is 0 Å². The average Bonchev–Trinajstić information content (AvgIpc) is 3.34. The summed E-state index contributed by atoms with van der Waals surface area (Å²) in [5, 5.41) is 3.32. The van der Waals surface area contributed by atoms with Gasteiger partial charge in [-0.3, -0.25) is 9.78 Å². The molecule has 1 aliphatic carbocycles. The Kier molecular flexibility index (Phi) is 4.13. The molecule has 0 bridgehead atoms. The Morgan fingerprint density at radius 3 is 2.92 bits per heavy atom. The van der Waals surface area contributed by atoms with Gasteiger partial charge in [-0.05, 0) is 18.9 Å². The number of carbonyl (C=O) groups excluding carboxylic acids is 1. The van der Waals surface area contributed by atoms with Gasteiger partial charge < -0.3 is 14.5 Å². The van der Waals surface area contributed by atoms with Crippen LogP contribution in [-0.2, 0) is 17.7 Å². The van der Waals surface area contributed by atoms with Crippen LogP contribution in [0.5, 0.6) is 0 Å². The van der Waals surface area contributed by atoms with Gasteiger partial charge in [0.1, 0.15) is 0 Å². The van der Waals surface area contributed by atoms with E-state index >= 15 is 0 Å². The largest absolute Gasteiger partial charge is 0.378 e. The molecule has 3 aliphatic rings. The number of morpholine rings is 1. The topological polar surface area (TPSA) is 58.6 Å². The van der Waals surface area contributed by atoms with Crippen LogP contribution in [0.4, 0.5) is 5.69 Å². The summed E-state index contributed by atoms with van der Waals surface area (Å²) in [6, 6.07) is 1.97. The Morgan fingerprint density at radius 1 is 1.27 bits per heavy atom. The number of amides is 1. The number of aromatic nitrogens is 2. The molecule has 0 spiro atoms. The minimum absolute atomic E-state index is 0.105. The van der Waals surface area contributed by atoms with E-state index < -0.39 is 0 Å². The highest BCUT2D eigenvalue weighted by Gasteiger charge is 2.33. The molecule has 0 radical (unpaired) electrons. The van der Waals surface area contributed by atoms with Crippen LogP contribution in [0.25, 0.3) is 0 Å². The second kappa shape index (κ2) is 6.63.